The van der Waals surface area contributed by atoms with Crippen LogP contribution in [0.25, 0.3) is 0 Å². The molecule has 0 aliphatic rings. The average Bonchev–Trinajstić information content (AvgIpc) is 2.45. The van der Waals surface area contributed by atoms with Gasteiger partial charge >= 0.3 is 0 Å². The Balaban J connectivity index is 2.19. The first-order valence-corrected chi connectivity index (χ1v) is 8.15. The third-order valence-electron chi connectivity index (χ3n) is 2.96. The Bertz CT molecular complexity index is 821. The van der Waals surface area contributed by atoms with E-state index in [-0.39, 0.29) is 22.2 Å². The van der Waals surface area contributed by atoms with Gasteiger partial charge < -0.3 is 0 Å². The van der Waals surface area contributed by atoms with Crippen molar-refractivity contribution in [2.75, 3.05) is 0 Å². The van der Waals surface area contributed by atoms with E-state index in [1.807, 2.05) is 0 Å². The predicted molar refractivity (Wildman–Crippen MR) is 83.3 cm³/mol. The molecular weight excluding hydrogens is 328 g/mol. The summed E-state index contributed by atoms with van der Waals surface area (Å²) in [7, 11) is -3.79. The molecular formula is C14H13ClN2O4S. The number of nitro benzene ring substituents is 1. The molecule has 116 valence electrons. The van der Waals surface area contributed by atoms with Gasteiger partial charge in [-0.3, -0.25) is 10.1 Å². The largest absolute Gasteiger partial charge is 0.269 e. The maximum atomic E-state index is 12.2. The first-order chi connectivity index (χ1) is 10.3. The van der Waals surface area contributed by atoms with Gasteiger partial charge in [0.2, 0.25) is 10.0 Å². The second-order valence-electron chi connectivity index (χ2n) is 4.69. The fourth-order valence-corrected chi connectivity index (χ4v) is 3.47. The van der Waals surface area contributed by atoms with Gasteiger partial charge in [0.05, 0.1) is 9.95 Å². The van der Waals surface area contributed by atoms with Crippen LogP contribution in [0.5, 0.6) is 0 Å². The van der Waals surface area contributed by atoms with Crippen LogP contribution in [0, 0.1) is 17.0 Å². The second kappa shape index (κ2) is 6.43. The highest BCUT2D eigenvalue weighted by Gasteiger charge is 2.18. The van der Waals surface area contributed by atoms with Crippen molar-refractivity contribution >= 4 is 27.3 Å². The Morgan fingerprint density at radius 2 is 1.95 bits per heavy atom. The first kappa shape index (κ1) is 16.4. The number of benzene rings is 2. The summed E-state index contributed by atoms with van der Waals surface area (Å²) in [5.74, 6) is 0. The smallest absolute Gasteiger partial charge is 0.258 e. The minimum atomic E-state index is -3.79. The molecule has 0 aliphatic carbocycles. The molecule has 0 aromatic heterocycles. The van der Waals surface area contributed by atoms with Crippen molar-refractivity contribution in [2.24, 2.45) is 0 Å². The lowest BCUT2D eigenvalue weighted by Gasteiger charge is -2.09. The quantitative estimate of drug-likeness (QED) is 0.669. The number of non-ortho nitro benzene ring substituents is 1. The summed E-state index contributed by atoms with van der Waals surface area (Å²) in [6, 6.07) is 10.4. The highest BCUT2D eigenvalue weighted by atomic mass is 35.5. The van der Waals surface area contributed by atoms with E-state index in [1.54, 1.807) is 25.1 Å². The van der Waals surface area contributed by atoms with Gasteiger partial charge in [-0.25, -0.2) is 13.1 Å². The molecule has 0 spiro atoms. The van der Waals surface area contributed by atoms with E-state index in [1.165, 1.54) is 24.3 Å². The number of hydrogen-bond acceptors (Lipinski definition) is 4. The molecule has 0 amide bonds. The van der Waals surface area contributed by atoms with Crippen LogP contribution in [0.4, 0.5) is 5.69 Å². The van der Waals surface area contributed by atoms with Gasteiger partial charge in [-0.2, -0.15) is 0 Å². The third-order valence-corrected chi connectivity index (χ3v) is 4.85. The summed E-state index contributed by atoms with van der Waals surface area (Å²) in [5.41, 5.74) is 1.24. The summed E-state index contributed by atoms with van der Waals surface area (Å²) in [5, 5.41) is 10.8. The minimum Gasteiger partial charge on any atom is -0.258 e. The van der Waals surface area contributed by atoms with Crippen LogP contribution < -0.4 is 4.72 Å². The maximum absolute atomic E-state index is 12.2. The molecule has 0 heterocycles. The molecule has 0 atom stereocenters. The van der Waals surface area contributed by atoms with Gasteiger partial charge in [0.1, 0.15) is 4.90 Å². The molecule has 8 heteroatoms. The molecule has 0 saturated carbocycles. The summed E-state index contributed by atoms with van der Waals surface area (Å²) in [4.78, 5) is 10.1. The van der Waals surface area contributed by atoms with Crippen molar-refractivity contribution in [3.8, 4) is 0 Å². The number of nitrogens with zero attached hydrogens (tertiary/aromatic N) is 1. The molecule has 22 heavy (non-hydrogen) atoms. The number of rotatable bonds is 5. The Morgan fingerprint density at radius 3 is 2.59 bits per heavy atom. The molecule has 0 unspecified atom stereocenters. The molecule has 0 radical (unpaired) electrons. The highest BCUT2D eigenvalue weighted by Crippen LogP contribution is 2.22. The lowest BCUT2D eigenvalue weighted by Crippen LogP contribution is -2.23. The van der Waals surface area contributed by atoms with Gasteiger partial charge in [0.25, 0.3) is 5.69 Å². The standard InChI is InChI=1S/C14H13ClN2O4S/c1-10-5-6-14(13(15)7-10)22(20,21)16-9-11-3-2-4-12(8-11)17(18)19/h2-8,16H,9H2,1H3. The monoisotopic (exact) mass is 340 g/mol. The Kier molecular flexibility index (Phi) is 4.80. The lowest BCUT2D eigenvalue weighted by atomic mass is 10.2. The second-order valence-corrected chi connectivity index (χ2v) is 6.83. The van der Waals surface area contributed by atoms with Gasteiger partial charge in [-0.15, -0.1) is 0 Å². The van der Waals surface area contributed by atoms with Crippen molar-refractivity contribution in [2.45, 2.75) is 18.4 Å². The van der Waals surface area contributed by atoms with Crippen LogP contribution in [0.2, 0.25) is 5.02 Å². The SMILES string of the molecule is Cc1ccc(S(=O)(=O)NCc2cccc([N+](=O)[O-])c2)c(Cl)c1. The molecule has 6 nitrogen and oxygen atoms in total. The van der Waals surface area contributed by atoms with Crippen LogP contribution in [0.1, 0.15) is 11.1 Å². The number of nitrogens with one attached hydrogen (secondary N) is 1. The van der Waals surface area contributed by atoms with Gasteiger partial charge in [-0.1, -0.05) is 29.8 Å². The minimum absolute atomic E-state index is 0.0230. The Labute approximate surface area is 132 Å². The number of hydrogen-bond donors (Lipinski definition) is 1. The number of aryl methyl sites for hydroxylation is 1. The van der Waals surface area contributed by atoms with E-state index in [9.17, 15) is 18.5 Å². The van der Waals surface area contributed by atoms with Crippen molar-refractivity contribution in [1.82, 2.24) is 4.72 Å². The van der Waals surface area contributed by atoms with E-state index in [4.69, 9.17) is 11.6 Å². The Hall–Kier alpha value is -1.96. The molecule has 0 aliphatic heterocycles. The molecule has 0 bridgehead atoms. The molecule has 0 fully saturated rings. The fourth-order valence-electron chi connectivity index (χ4n) is 1.86. The normalized spacial score (nSPS) is 11.4. The molecule has 2 rings (SSSR count). The van der Waals surface area contributed by atoms with Crippen molar-refractivity contribution in [1.29, 1.82) is 0 Å². The van der Waals surface area contributed by atoms with Crippen molar-refractivity contribution < 1.29 is 13.3 Å². The summed E-state index contributed by atoms with van der Waals surface area (Å²) in [6.07, 6.45) is 0. The van der Waals surface area contributed by atoms with Gasteiger partial charge in [-0.05, 0) is 30.2 Å². The fraction of sp³-hybridized carbons (Fsp3) is 0.143. The molecule has 2 aromatic rings. The van der Waals surface area contributed by atoms with E-state index < -0.39 is 14.9 Å². The van der Waals surface area contributed by atoms with Gasteiger partial charge in [0, 0.05) is 18.7 Å². The van der Waals surface area contributed by atoms with Crippen LogP contribution in [0.3, 0.4) is 0 Å². The zero-order chi connectivity index (χ0) is 16.3. The number of sulfonamides is 1. The van der Waals surface area contributed by atoms with E-state index in [0.717, 1.165) is 5.56 Å². The van der Waals surface area contributed by atoms with E-state index in [2.05, 4.69) is 4.72 Å². The predicted octanol–water partition coefficient (Wildman–Crippen LogP) is 3.04. The molecule has 2 aromatic carbocycles. The third kappa shape index (κ3) is 3.82. The van der Waals surface area contributed by atoms with Crippen LogP contribution in [-0.4, -0.2) is 13.3 Å². The number of nitro groups is 1. The Morgan fingerprint density at radius 1 is 1.23 bits per heavy atom. The van der Waals surface area contributed by atoms with Crippen molar-refractivity contribution in [3.05, 3.63) is 68.7 Å². The molecule has 1 N–H and O–H groups in total. The highest BCUT2D eigenvalue weighted by molar-refractivity contribution is 7.89. The zero-order valence-electron chi connectivity index (χ0n) is 11.6. The van der Waals surface area contributed by atoms with E-state index >= 15 is 0 Å². The van der Waals surface area contributed by atoms with Crippen LogP contribution >= 0.6 is 11.6 Å². The summed E-state index contributed by atoms with van der Waals surface area (Å²) >= 11 is 5.95. The maximum Gasteiger partial charge on any atom is 0.269 e. The van der Waals surface area contributed by atoms with Crippen LogP contribution in [-0.2, 0) is 16.6 Å². The molecule has 0 saturated heterocycles. The van der Waals surface area contributed by atoms with Crippen molar-refractivity contribution in [3.63, 3.8) is 0 Å². The average molecular weight is 341 g/mol. The van der Waals surface area contributed by atoms with Crippen LogP contribution in [0.15, 0.2) is 47.4 Å². The topological polar surface area (TPSA) is 89.3 Å². The summed E-state index contributed by atoms with van der Waals surface area (Å²) in [6.45, 7) is 1.74. The van der Waals surface area contributed by atoms with Gasteiger partial charge in [0.15, 0.2) is 0 Å². The van der Waals surface area contributed by atoms with E-state index in [0.29, 0.717) is 5.56 Å². The summed E-state index contributed by atoms with van der Waals surface area (Å²) < 4.78 is 26.8. The zero-order valence-corrected chi connectivity index (χ0v) is 13.2. The number of halogens is 1. The lowest BCUT2D eigenvalue weighted by molar-refractivity contribution is -0.384. The first-order valence-electron chi connectivity index (χ1n) is 6.29.